The molecule has 1 saturated heterocycles. The zero-order valence-corrected chi connectivity index (χ0v) is 21.6. The van der Waals surface area contributed by atoms with Gasteiger partial charge in [0.05, 0.1) is 22.0 Å². The summed E-state index contributed by atoms with van der Waals surface area (Å²) >= 11 is 6.91. The van der Waals surface area contributed by atoms with E-state index in [1.807, 2.05) is 44.7 Å². The zero-order valence-electron chi connectivity index (χ0n) is 20.8. The lowest BCUT2D eigenvalue weighted by Crippen LogP contribution is -2.57. The fraction of sp³-hybridized carbons (Fsp3) is 0.400. The van der Waals surface area contributed by atoms with Crippen LogP contribution in [0.4, 0.5) is 15.0 Å². The summed E-state index contributed by atoms with van der Waals surface area (Å²) in [6.07, 6.45) is 0.957. The first-order chi connectivity index (χ1) is 17.6. The Morgan fingerprint density at radius 1 is 1.22 bits per heavy atom. The Hall–Kier alpha value is -3.73. The first-order valence-corrected chi connectivity index (χ1v) is 12.4. The van der Waals surface area contributed by atoms with Crippen LogP contribution in [0.1, 0.15) is 26.3 Å². The summed E-state index contributed by atoms with van der Waals surface area (Å²) in [5.41, 5.74) is 2.12. The molecule has 1 fully saturated rings. The molecule has 2 aliphatic heterocycles. The largest absolute Gasteiger partial charge is 0.489 e. The summed E-state index contributed by atoms with van der Waals surface area (Å²) in [7, 11) is 0. The maximum absolute atomic E-state index is 16.3. The fourth-order valence-corrected chi connectivity index (χ4v) is 5.37. The Bertz CT molecular complexity index is 1570. The van der Waals surface area contributed by atoms with Crippen LogP contribution in [0, 0.1) is 12.7 Å². The van der Waals surface area contributed by atoms with Crippen LogP contribution in [0.15, 0.2) is 18.5 Å². The molecular weight excluding hydrogens is 501 g/mol. The van der Waals surface area contributed by atoms with Gasteiger partial charge in [0.2, 0.25) is 0 Å². The van der Waals surface area contributed by atoms with E-state index in [1.165, 1.54) is 6.33 Å². The number of piperazine rings is 1. The smallest absolute Gasteiger partial charge is 0.410 e. The number of aromatic amines is 1. The van der Waals surface area contributed by atoms with Crippen LogP contribution < -0.4 is 9.64 Å². The normalized spacial score (nSPS) is 17.5. The number of benzene rings is 2. The Kier molecular flexibility index (Phi) is 5.37. The minimum absolute atomic E-state index is 0.106. The summed E-state index contributed by atoms with van der Waals surface area (Å²) in [6.45, 7) is 8.82. The number of nitrogens with one attached hydrogen (secondary N) is 1. The van der Waals surface area contributed by atoms with Crippen LogP contribution in [-0.4, -0.2) is 74.3 Å². The van der Waals surface area contributed by atoms with E-state index in [2.05, 4.69) is 25.4 Å². The monoisotopic (exact) mass is 525 g/mol. The molecule has 0 bridgehead atoms. The van der Waals surface area contributed by atoms with Crippen LogP contribution in [0.2, 0.25) is 5.02 Å². The van der Waals surface area contributed by atoms with Gasteiger partial charge in [-0.1, -0.05) is 22.9 Å². The van der Waals surface area contributed by atoms with Crippen molar-refractivity contribution in [1.82, 2.24) is 30.3 Å². The van der Waals surface area contributed by atoms with Crippen molar-refractivity contribution in [3.05, 3.63) is 34.9 Å². The van der Waals surface area contributed by atoms with Crippen molar-refractivity contribution in [2.45, 2.75) is 39.3 Å². The second-order valence-electron chi connectivity index (χ2n) is 10.3. The summed E-state index contributed by atoms with van der Waals surface area (Å²) in [6, 6.07) is 3.45. The molecule has 0 aliphatic carbocycles. The van der Waals surface area contributed by atoms with E-state index in [-0.39, 0.29) is 34.8 Å². The van der Waals surface area contributed by atoms with E-state index in [1.54, 1.807) is 4.90 Å². The van der Waals surface area contributed by atoms with Crippen LogP contribution in [0.3, 0.4) is 0 Å². The summed E-state index contributed by atoms with van der Waals surface area (Å²) in [5.74, 6) is 0.247. The number of rotatable bonds is 1. The molecule has 6 rings (SSSR count). The number of carbonyl (C=O) groups excluding carboxylic acids is 1. The number of hydrogen-bond acceptors (Lipinski definition) is 8. The van der Waals surface area contributed by atoms with Crippen LogP contribution in [0.25, 0.3) is 33.1 Å². The maximum Gasteiger partial charge on any atom is 0.410 e. The predicted octanol–water partition coefficient (Wildman–Crippen LogP) is 4.49. The quantitative estimate of drug-likeness (QED) is 0.387. The SMILES string of the molecule is Cc1ccc2[nH]nnc2c1-c1c(Cl)c2c3c(ncnc3c1F)N1CCN(C(=O)OC(C)(C)C)C[C@H]1CO2. The Balaban J connectivity index is 1.47. The van der Waals surface area contributed by atoms with Gasteiger partial charge in [-0.3, -0.25) is 5.10 Å². The first kappa shape index (κ1) is 23.7. The van der Waals surface area contributed by atoms with Crippen molar-refractivity contribution < 1.29 is 18.7 Å². The van der Waals surface area contributed by atoms with E-state index in [0.29, 0.717) is 53.2 Å². The lowest BCUT2D eigenvalue weighted by atomic mass is 9.96. The number of H-pyrrole nitrogens is 1. The molecule has 1 amide bonds. The molecule has 0 unspecified atom stereocenters. The highest BCUT2D eigenvalue weighted by Crippen LogP contribution is 2.49. The fourth-order valence-electron chi connectivity index (χ4n) is 5.04. The van der Waals surface area contributed by atoms with Gasteiger partial charge in [-0.25, -0.2) is 19.2 Å². The second-order valence-corrected chi connectivity index (χ2v) is 10.7. The average Bonchev–Trinajstić information content (AvgIpc) is 3.26. The number of nitrogens with zero attached hydrogens (tertiary/aromatic N) is 6. The van der Waals surface area contributed by atoms with E-state index >= 15 is 4.39 Å². The number of amides is 1. The lowest BCUT2D eigenvalue weighted by Gasteiger charge is -2.41. The van der Waals surface area contributed by atoms with Crippen LogP contribution in [0.5, 0.6) is 5.75 Å². The van der Waals surface area contributed by atoms with Gasteiger partial charge in [0.15, 0.2) is 11.6 Å². The Labute approximate surface area is 216 Å². The predicted molar refractivity (Wildman–Crippen MR) is 137 cm³/mol. The lowest BCUT2D eigenvalue weighted by molar-refractivity contribution is 0.0202. The maximum atomic E-state index is 16.3. The summed E-state index contributed by atoms with van der Waals surface area (Å²) < 4.78 is 28.1. The molecule has 10 nitrogen and oxygen atoms in total. The molecule has 2 aromatic carbocycles. The van der Waals surface area contributed by atoms with Crippen molar-refractivity contribution in [2.24, 2.45) is 0 Å². The van der Waals surface area contributed by atoms with Gasteiger partial charge in [-0.05, 0) is 39.3 Å². The van der Waals surface area contributed by atoms with Crippen molar-refractivity contribution in [3.63, 3.8) is 0 Å². The molecule has 1 atom stereocenters. The van der Waals surface area contributed by atoms with E-state index < -0.39 is 11.4 Å². The second kappa shape index (κ2) is 8.41. The highest BCUT2D eigenvalue weighted by Gasteiger charge is 2.38. The van der Waals surface area contributed by atoms with Gasteiger partial charge in [-0.2, -0.15) is 0 Å². The van der Waals surface area contributed by atoms with Gasteiger partial charge in [0.1, 0.15) is 35.4 Å². The third kappa shape index (κ3) is 3.79. The van der Waals surface area contributed by atoms with Crippen molar-refractivity contribution in [2.75, 3.05) is 31.1 Å². The summed E-state index contributed by atoms with van der Waals surface area (Å²) in [4.78, 5) is 25.2. The van der Waals surface area contributed by atoms with Gasteiger partial charge in [0, 0.05) is 30.8 Å². The topological polar surface area (TPSA) is 109 Å². The minimum atomic E-state index is -0.602. The van der Waals surface area contributed by atoms with Gasteiger partial charge in [0.25, 0.3) is 0 Å². The third-order valence-electron chi connectivity index (χ3n) is 6.68. The molecule has 0 spiro atoms. The molecule has 0 radical (unpaired) electrons. The number of fused-ring (bicyclic) bond motifs is 3. The molecule has 2 aliphatic rings. The van der Waals surface area contributed by atoms with E-state index in [4.69, 9.17) is 21.1 Å². The van der Waals surface area contributed by atoms with E-state index in [9.17, 15) is 4.79 Å². The van der Waals surface area contributed by atoms with Crippen molar-refractivity contribution in [1.29, 1.82) is 0 Å². The Morgan fingerprint density at radius 3 is 2.81 bits per heavy atom. The van der Waals surface area contributed by atoms with Gasteiger partial charge < -0.3 is 19.3 Å². The van der Waals surface area contributed by atoms with Gasteiger partial charge in [-0.15, -0.1) is 5.10 Å². The third-order valence-corrected chi connectivity index (χ3v) is 7.04. The molecular formula is C25H25ClFN7O3. The number of ether oxygens (including phenoxy) is 2. The Morgan fingerprint density at radius 2 is 2.03 bits per heavy atom. The molecule has 37 heavy (non-hydrogen) atoms. The molecule has 0 saturated carbocycles. The highest BCUT2D eigenvalue weighted by molar-refractivity contribution is 6.37. The zero-order chi connectivity index (χ0) is 26.1. The molecule has 2 aromatic heterocycles. The molecule has 192 valence electrons. The average molecular weight is 526 g/mol. The van der Waals surface area contributed by atoms with E-state index in [0.717, 1.165) is 5.56 Å². The standard InChI is InChI=1S/C25H25ClFN7O3/c1-12-5-6-14-20(31-32-30-14)15(12)16-18(26)22-17-21(19(16)27)28-11-29-23(17)34-8-7-33(9-13(34)10-36-22)24(35)37-25(2,3)4/h5-6,11,13H,7-10H2,1-4H3,(H,30,31,32)/t13-/m0/s1. The number of hydrogen-bond donors (Lipinski definition) is 1. The van der Waals surface area contributed by atoms with Crippen molar-refractivity contribution >= 4 is 45.4 Å². The minimum Gasteiger partial charge on any atom is -0.489 e. The number of aromatic nitrogens is 5. The van der Waals surface area contributed by atoms with Crippen LogP contribution in [-0.2, 0) is 4.74 Å². The number of anilines is 1. The number of halogens is 2. The van der Waals surface area contributed by atoms with Gasteiger partial charge >= 0.3 is 6.09 Å². The molecule has 12 heteroatoms. The van der Waals surface area contributed by atoms with Crippen molar-refractivity contribution in [3.8, 4) is 16.9 Å². The molecule has 4 heterocycles. The first-order valence-electron chi connectivity index (χ1n) is 12.0. The molecule has 4 aromatic rings. The number of carbonyl (C=O) groups is 1. The number of aryl methyl sites for hydroxylation is 1. The van der Waals surface area contributed by atoms with Crippen LogP contribution >= 0.6 is 11.6 Å². The molecule has 1 N–H and O–H groups in total. The highest BCUT2D eigenvalue weighted by atomic mass is 35.5. The summed E-state index contributed by atoms with van der Waals surface area (Å²) in [5, 5.41) is 11.4.